The lowest BCUT2D eigenvalue weighted by molar-refractivity contribution is -0.193. The second kappa shape index (κ2) is 12.8. The summed E-state index contributed by atoms with van der Waals surface area (Å²) in [5.41, 5.74) is 5.97. The molecule has 4 aromatic rings. The molecule has 10 nitrogen and oxygen atoms in total. The maximum Gasteiger partial charge on any atom is 0.373 e. The Morgan fingerprint density at radius 1 is 0.871 bits per heavy atom. The maximum atomic E-state index is 8.12. The Morgan fingerprint density at radius 3 is 1.97 bits per heavy atom. The van der Waals surface area contributed by atoms with E-state index < -0.39 is 0 Å². The van der Waals surface area contributed by atoms with Crippen LogP contribution in [0.4, 0.5) is 0 Å². The molecule has 0 spiro atoms. The summed E-state index contributed by atoms with van der Waals surface area (Å²) in [5, 5.41) is 9.23. The molecule has 0 aliphatic heterocycles. The van der Waals surface area contributed by atoms with Gasteiger partial charge in [-0.3, -0.25) is 4.98 Å². The van der Waals surface area contributed by atoms with Crippen molar-refractivity contribution in [3.63, 3.8) is 0 Å². The molecule has 31 heavy (non-hydrogen) atoms. The van der Waals surface area contributed by atoms with E-state index in [1.165, 1.54) is 0 Å². The number of hydrogen-bond donors (Lipinski definition) is 0. The van der Waals surface area contributed by atoms with Crippen molar-refractivity contribution < 1.29 is 19.2 Å². The Bertz CT molecular complexity index is 1190. The summed E-state index contributed by atoms with van der Waals surface area (Å²) in [6.45, 7) is 8.03. The molecule has 4 aromatic heterocycles. The van der Waals surface area contributed by atoms with Gasteiger partial charge in [0.25, 0.3) is 0 Å². The minimum atomic E-state index is 0.250. The molecule has 0 aliphatic carbocycles. The minimum Gasteiger partial charge on any atom is -0.258 e. The van der Waals surface area contributed by atoms with Gasteiger partial charge >= 0.3 is 12.3 Å². The van der Waals surface area contributed by atoms with E-state index in [-0.39, 0.29) is 12.3 Å². The summed E-state index contributed by atoms with van der Waals surface area (Å²) in [4.78, 5) is 40.8. The number of nitrogens with zero attached hydrogens (tertiary/aromatic N) is 6. The number of aryl methyl sites for hydroxylation is 4. The quantitative estimate of drug-likeness (QED) is 0.461. The number of rotatable bonds is 2. The number of halogens is 1. The van der Waals surface area contributed by atoms with E-state index in [1.807, 2.05) is 43.0 Å². The third-order valence-electron chi connectivity index (χ3n) is 3.83. The smallest absolute Gasteiger partial charge is 0.258 e. The summed E-state index contributed by atoms with van der Waals surface area (Å²) in [5.74, 6) is 0. The molecule has 0 atom stereocenters. The number of hydrogen-bond acceptors (Lipinski definition) is 8. The molecule has 4 heterocycles. The molecule has 11 heteroatoms. The third kappa shape index (κ3) is 7.56. The molecule has 0 aliphatic rings. The molecule has 0 amide bonds. The van der Waals surface area contributed by atoms with E-state index in [9.17, 15) is 0 Å². The highest BCUT2D eigenvalue weighted by atomic mass is 35.5. The summed E-state index contributed by atoms with van der Waals surface area (Å²) in [7, 11) is 0. The molecule has 0 fully saturated rings. The highest BCUT2D eigenvalue weighted by Crippen LogP contribution is 2.16. The lowest BCUT2D eigenvalue weighted by atomic mass is 10.3. The molecule has 0 unspecified atom stereocenters. The molecule has 0 N–H and O–H groups in total. The van der Waals surface area contributed by atoms with Crippen molar-refractivity contribution in [2.24, 2.45) is 0 Å². The van der Waals surface area contributed by atoms with E-state index >= 15 is 0 Å². The van der Waals surface area contributed by atoms with Crippen molar-refractivity contribution in [2.45, 2.75) is 40.5 Å². The lowest BCUT2D eigenvalue weighted by Gasteiger charge is -1.96. The van der Waals surface area contributed by atoms with Crippen molar-refractivity contribution in [2.75, 3.05) is 0 Å². The summed E-state index contributed by atoms with van der Waals surface area (Å²) >= 11 is 5.96. The van der Waals surface area contributed by atoms with Gasteiger partial charge in [0.05, 0.1) is 46.9 Å². The van der Waals surface area contributed by atoms with Crippen LogP contribution >= 0.6 is 11.6 Å². The van der Waals surface area contributed by atoms with Crippen LogP contribution < -0.4 is 0 Å². The van der Waals surface area contributed by atoms with Crippen molar-refractivity contribution in [3.8, 4) is 0 Å². The van der Waals surface area contributed by atoms with E-state index in [0.717, 1.165) is 46.7 Å². The van der Waals surface area contributed by atoms with Gasteiger partial charge < -0.3 is 0 Å². The van der Waals surface area contributed by atoms with Gasteiger partial charge in [-0.25, -0.2) is 14.0 Å². The Kier molecular flexibility index (Phi) is 10.4. The fourth-order valence-corrected chi connectivity index (χ4v) is 2.78. The Morgan fingerprint density at radius 2 is 1.39 bits per heavy atom. The average Bonchev–Trinajstić information content (AvgIpc) is 3.33. The van der Waals surface area contributed by atoms with Crippen LogP contribution in [0.15, 0.2) is 30.7 Å². The molecule has 162 valence electrons. The number of carbonyl (C=O) groups excluding carboxylic acids is 4. The van der Waals surface area contributed by atoms with Crippen molar-refractivity contribution in [3.05, 3.63) is 58.7 Å². The summed E-state index contributed by atoms with van der Waals surface area (Å²) in [6, 6.07) is 4.03. The third-order valence-corrected chi connectivity index (χ3v) is 4.11. The monoisotopic (exact) mass is 444 g/mol. The second-order valence-electron chi connectivity index (χ2n) is 6.05. The highest BCUT2D eigenvalue weighted by molar-refractivity contribution is 6.32. The van der Waals surface area contributed by atoms with Gasteiger partial charge in [0.1, 0.15) is 5.52 Å². The SMILES string of the molecule is CCc1cc2c(Cl)nc(C)cn2n1.CCc1cc2cnc(C)cn2n1.O=C=O.O=C=O. The molecule has 0 bridgehead atoms. The van der Waals surface area contributed by atoms with Crippen molar-refractivity contribution in [1.29, 1.82) is 0 Å². The number of fused-ring (bicyclic) bond motifs is 2. The van der Waals surface area contributed by atoms with Crippen LogP contribution in [0.3, 0.4) is 0 Å². The van der Waals surface area contributed by atoms with E-state index in [1.54, 1.807) is 4.52 Å². The van der Waals surface area contributed by atoms with Crippen LogP contribution in [0.1, 0.15) is 36.6 Å². The van der Waals surface area contributed by atoms with Crippen LogP contribution in [0.25, 0.3) is 11.0 Å². The van der Waals surface area contributed by atoms with Crippen molar-refractivity contribution in [1.82, 2.24) is 29.2 Å². The highest BCUT2D eigenvalue weighted by Gasteiger charge is 2.05. The zero-order valence-corrected chi connectivity index (χ0v) is 18.3. The van der Waals surface area contributed by atoms with Crippen LogP contribution in [-0.4, -0.2) is 41.5 Å². The largest absolute Gasteiger partial charge is 0.373 e. The Balaban J connectivity index is 0.000000249. The standard InChI is InChI=1S/C9H10ClN3.C9H11N3.2CO2/c1-3-7-4-8-9(10)11-6(2)5-13(8)12-7;1-3-8-4-9-5-10-7(2)6-12(9)11-8;2*2-1-3/h4-5H,3H2,1-2H3;4-6H,3H2,1-2H3;;. The first-order chi connectivity index (χ1) is 14.8. The first-order valence-electron chi connectivity index (χ1n) is 9.14. The van der Waals surface area contributed by atoms with Crippen LogP contribution in [0.2, 0.25) is 5.15 Å². The molecule has 0 aromatic carbocycles. The number of aromatic nitrogens is 6. The first kappa shape index (κ1) is 25.3. The van der Waals surface area contributed by atoms with Gasteiger partial charge in [-0.2, -0.15) is 29.4 Å². The molecule has 4 rings (SSSR count). The van der Waals surface area contributed by atoms with Crippen LogP contribution in [-0.2, 0) is 32.0 Å². The van der Waals surface area contributed by atoms with E-state index in [4.69, 9.17) is 30.8 Å². The lowest BCUT2D eigenvalue weighted by Crippen LogP contribution is -1.92. The average molecular weight is 445 g/mol. The van der Waals surface area contributed by atoms with Crippen molar-refractivity contribution >= 4 is 34.9 Å². The first-order valence-corrected chi connectivity index (χ1v) is 9.52. The zero-order chi connectivity index (χ0) is 23.4. The minimum absolute atomic E-state index is 0.250. The molecule has 0 saturated heterocycles. The summed E-state index contributed by atoms with van der Waals surface area (Å²) in [6.07, 6.45) is 8.05. The second-order valence-corrected chi connectivity index (χ2v) is 6.40. The topological polar surface area (TPSA) is 129 Å². The van der Waals surface area contributed by atoms with E-state index in [0.29, 0.717) is 5.15 Å². The fourth-order valence-electron chi connectivity index (χ4n) is 2.50. The summed E-state index contributed by atoms with van der Waals surface area (Å²) < 4.78 is 3.66. The normalized spacial score (nSPS) is 9.32. The van der Waals surface area contributed by atoms with Gasteiger partial charge in [0, 0.05) is 0 Å². The zero-order valence-electron chi connectivity index (χ0n) is 17.5. The maximum absolute atomic E-state index is 8.12. The Labute approximate surface area is 182 Å². The van der Waals surface area contributed by atoms with E-state index in [2.05, 4.69) is 40.1 Å². The van der Waals surface area contributed by atoms with Crippen LogP contribution in [0.5, 0.6) is 0 Å². The Hall–Kier alpha value is -3.71. The van der Waals surface area contributed by atoms with Gasteiger partial charge in [-0.05, 0) is 38.8 Å². The molecule has 0 radical (unpaired) electrons. The molecule has 0 saturated carbocycles. The molecular formula is C20H21ClN6O4. The van der Waals surface area contributed by atoms with Gasteiger partial charge in [-0.1, -0.05) is 25.4 Å². The predicted octanol–water partition coefficient (Wildman–Crippen LogP) is 2.69. The fraction of sp³-hybridized carbons (Fsp3) is 0.300. The van der Waals surface area contributed by atoms with Gasteiger partial charge in [0.15, 0.2) is 5.15 Å². The van der Waals surface area contributed by atoms with Gasteiger partial charge in [-0.15, -0.1) is 0 Å². The van der Waals surface area contributed by atoms with Gasteiger partial charge in [0.2, 0.25) is 0 Å². The van der Waals surface area contributed by atoms with Crippen LogP contribution in [0, 0.1) is 13.8 Å². The molecular weight excluding hydrogens is 424 g/mol. The predicted molar refractivity (Wildman–Crippen MR) is 109 cm³/mol.